The van der Waals surface area contributed by atoms with Crippen LogP contribution in [0.4, 0.5) is 5.95 Å². The largest absolute Gasteiger partial charge is 0.335 e. The van der Waals surface area contributed by atoms with E-state index in [2.05, 4.69) is 26.7 Å². The molecule has 2 unspecified atom stereocenters. The smallest absolute Gasteiger partial charge is 0.225 e. The summed E-state index contributed by atoms with van der Waals surface area (Å²) in [7, 11) is 0. The summed E-state index contributed by atoms with van der Waals surface area (Å²) in [5, 5.41) is 0. The Morgan fingerprint density at radius 2 is 2.26 bits per heavy atom. The molecule has 0 bridgehead atoms. The molecule has 2 aliphatic rings. The topological polar surface area (TPSA) is 58.3 Å². The van der Waals surface area contributed by atoms with Crippen molar-refractivity contribution < 1.29 is 0 Å². The highest BCUT2D eigenvalue weighted by Gasteiger charge is 2.33. The van der Waals surface area contributed by atoms with Gasteiger partial charge in [0.25, 0.3) is 0 Å². The Morgan fingerprint density at radius 1 is 1.37 bits per heavy atom. The Hall–Kier alpha value is -1.20. The van der Waals surface area contributed by atoms with Crippen LogP contribution in [-0.4, -0.2) is 46.6 Å². The summed E-state index contributed by atoms with van der Waals surface area (Å²) in [6.07, 6.45) is 5.83. The molecule has 0 saturated carbocycles. The van der Waals surface area contributed by atoms with Crippen molar-refractivity contribution in [3.05, 3.63) is 18.0 Å². The van der Waals surface area contributed by atoms with Crippen LogP contribution in [-0.2, 0) is 6.54 Å². The fourth-order valence-corrected chi connectivity index (χ4v) is 3.27. The molecule has 0 aliphatic carbocycles. The van der Waals surface area contributed by atoms with E-state index >= 15 is 0 Å². The van der Waals surface area contributed by atoms with Gasteiger partial charge < -0.3 is 10.6 Å². The molecule has 3 rings (SSSR count). The van der Waals surface area contributed by atoms with Gasteiger partial charge in [-0.1, -0.05) is 6.42 Å². The molecule has 0 amide bonds. The molecular formula is C14H23N5. The molecule has 1 aromatic heterocycles. The lowest BCUT2D eigenvalue weighted by molar-refractivity contribution is 0.115. The molecule has 2 atom stereocenters. The molecule has 19 heavy (non-hydrogen) atoms. The molecule has 0 radical (unpaired) electrons. The molecule has 5 heteroatoms. The summed E-state index contributed by atoms with van der Waals surface area (Å²) in [4.78, 5) is 14.0. The maximum absolute atomic E-state index is 5.67. The van der Waals surface area contributed by atoms with Crippen molar-refractivity contribution in [1.82, 2.24) is 14.9 Å². The lowest BCUT2D eigenvalue weighted by Crippen LogP contribution is -2.59. The second-order valence-electron chi connectivity index (χ2n) is 5.70. The van der Waals surface area contributed by atoms with Crippen LogP contribution in [0.25, 0.3) is 0 Å². The number of rotatable bonds is 2. The molecular weight excluding hydrogens is 238 g/mol. The average Bonchev–Trinajstić information content (AvgIpc) is 2.46. The molecule has 0 spiro atoms. The summed E-state index contributed by atoms with van der Waals surface area (Å²) in [5.41, 5.74) is 6.59. The number of hydrogen-bond donors (Lipinski definition) is 1. The van der Waals surface area contributed by atoms with Crippen molar-refractivity contribution in [3.8, 4) is 0 Å². The summed E-state index contributed by atoms with van der Waals surface area (Å²) in [6.45, 7) is 6.18. The first-order chi connectivity index (χ1) is 9.28. The Morgan fingerprint density at radius 3 is 3.11 bits per heavy atom. The predicted molar refractivity (Wildman–Crippen MR) is 75.9 cm³/mol. The van der Waals surface area contributed by atoms with Crippen LogP contribution in [0.2, 0.25) is 0 Å². The van der Waals surface area contributed by atoms with Crippen LogP contribution in [0.15, 0.2) is 12.3 Å². The monoisotopic (exact) mass is 261 g/mol. The Balaban J connectivity index is 1.79. The van der Waals surface area contributed by atoms with Gasteiger partial charge in [0.15, 0.2) is 0 Å². The first-order valence-corrected chi connectivity index (χ1v) is 7.30. The van der Waals surface area contributed by atoms with E-state index in [1.54, 1.807) is 0 Å². The third kappa shape index (κ3) is 2.58. The summed E-state index contributed by atoms with van der Waals surface area (Å²) in [5.74, 6) is 0.848. The number of piperazine rings is 1. The van der Waals surface area contributed by atoms with E-state index in [9.17, 15) is 0 Å². The first kappa shape index (κ1) is 12.8. The zero-order valence-electron chi connectivity index (χ0n) is 11.6. The van der Waals surface area contributed by atoms with Crippen LogP contribution in [0, 0.1) is 0 Å². The van der Waals surface area contributed by atoms with Gasteiger partial charge in [-0.2, -0.15) is 0 Å². The Labute approximate surface area is 114 Å². The molecule has 104 valence electrons. The van der Waals surface area contributed by atoms with E-state index in [0.717, 1.165) is 24.7 Å². The number of piperidine rings is 1. The fourth-order valence-electron chi connectivity index (χ4n) is 3.27. The SMILES string of the molecule is CC1CN2CCCCC2CN1c1nccc(CN)n1. The van der Waals surface area contributed by atoms with E-state index in [1.165, 1.54) is 25.8 Å². The number of nitrogens with zero attached hydrogens (tertiary/aromatic N) is 4. The summed E-state index contributed by atoms with van der Waals surface area (Å²) in [6, 6.07) is 3.04. The Bertz CT molecular complexity index is 436. The maximum atomic E-state index is 5.67. The number of hydrogen-bond acceptors (Lipinski definition) is 5. The molecule has 2 saturated heterocycles. The van der Waals surface area contributed by atoms with Crippen molar-refractivity contribution in [3.63, 3.8) is 0 Å². The second-order valence-corrected chi connectivity index (χ2v) is 5.70. The van der Waals surface area contributed by atoms with Gasteiger partial charge in [-0.3, -0.25) is 4.90 Å². The number of aromatic nitrogens is 2. The van der Waals surface area contributed by atoms with Gasteiger partial charge in [-0.15, -0.1) is 0 Å². The summed E-state index contributed by atoms with van der Waals surface area (Å²) >= 11 is 0. The van der Waals surface area contributed by atoms with Crippen LogP contribution in [0.3, 0.4) is 0 Å². The average molecular weight is 261 g/mol. The van der Waals surface area contributed by atoms with Crippen LogP contribution in [0.1, 0.15) is 31.9 Å². The molecule has 1 aromatic rings. The minimum absolute atomic E-state index is 0.474. The van der Waals surface area contributed by atoms with E-state index in [-0.39, 0.29) is 0 Å². The standard InChI is InChI=1S/C14H23N5/c1-11-9-18-7-3-2-4-13(18)10-19(11)14-16-6-5-12(8-15)17-14/h5-6,11,13H,2-4,7-10,15H2,1H3. The van der Waals surface area contributed by atoms with Crippen molar-refractivity contribution in [2.75, 3.05) is 24.5 Å². The molecule has 5 nitrogen and oxygen atoms in total. The van der Waals surface area contributed by atoms with Crippen molar-refractivity contribution >= 4 is 5.95 Å². The van der Waals surface area contributed by atoms with E-state index < -0.39 is 0 Å². The molecule has 3 heterocycles. The first-order valence-electron chi connectivity index (χ1n) is 7.30. The number of fused-ring (bicyclic) bond motifs is 1. The highest BCUT2D eigenvalue weighted by atomic mass is 15.4. The third-order valence-electron chi connectivity index (χ3n) is 4.35. The highest BCUT2D eigenvalue weighted by Crippen LogP contribution is 2.26. The van der Waals surface area contributed by atoms with Gasteiger partial charge in [0.05, 0.1) is 5.69 Å². The maximum Gasteiger partial charge on any atom is 0.225 e. The molecule has 2 fully saturated rings. The van der Waals surface area contributed by atoms with Gasteiger partial charge in [-0.05, 0) is 32.4 Å². The normalized spacial score (nSPS) is 28.2. The minimum atomic E-state index is 0.474. The lowest BCUT2D eigenvalue weighted by atomic mass is 9.97. The van der Waals surface area contributed by atoms with Crippen molar-refractivity contribution in [2.24, 2.45) is 5.73 Å². The van der Waals surface area contributed by atoms with Crippen LogP contribution in [0.5, 0.6) is 0 Å². The van der Waals surface area contributed by atoms with Crippen LogP contribution < -0.4 is 10.6 Å². The van der Waals surface area contributed by atoms with Crippen molar-refractivity contribution in [2.45, 2.75) is 44.8 Å². The molecule has 0 aromatic carbocycles. The number of nitrogens with two attached hydrogens (primary N) is 1. The fraction of sp³-hybridized carbons (Fsp3) is 0.714. The van der Waals surface area contributed by atoms with Gasteiger partial charge in [0, 0.05) is 37.9 Å². The quantitative estimate of drug-likeness (QED) is 0.860. The molecule has 2 N–H and O–H groups in total. The summed E-state index contributed by atoms with van der Waals surface area (Å²) < 4.78 is 0. The Kier molecular flexibility index (Phi) is 3.66. The highest BCUT2D eigenvalue weighted by molar-refractivity contribution is 5.34. The lowest BCUT2D eigenvalue weighted by Gasteiger charge is -2.47. The third-order valence-corrected chi connectivity index (χ3v) is 4.35. The minimum Gasteiger partial charge on any atom is -0.335 e. The van der Waals surface area contributed by atoms with Gasteiger partial charge in [0.1, 0.15) is 0 Å². The van der Waals surface area contributed by atoms with Gasteiger partial charge in [0.2, 0.25) is 5.95 Å². The van der Waals surface area contributed by atoms with E-state index in [4.69, 9.17) is 5.73 Å². The zero-order valence-corrected chi connectivity index (χ0v) is 11.6. The van der Waals surface area contributed by atoms with E-state index in [0.29, 0.717) is 18.6 Å². The zero-order chi connectivity index (χ0) is 13.2. The second kappa shape index (κ2) is 5.43. The van der Waals surface area contributed by atoms with Crippen molar-refractivity contribution in [1.29, 1.82) is 0 Å². The van der Waals surface area contributed by atoms with E-state index in [1.807, 2.05) is 12.3 Å². The van der Waals surface area contributed by atoms with Crippen LogP contribution >= 0.6 is 0 Å². The predicted octanol–water partition coefficient (Wildman–Crippen LogP) is 0.998. The van der Waals surface area contributed by atoms with Gasteiger partial charge in [-0.25, -0.2) is 9.97 Å². The van der Waals surface area contributed by atoms with Gasteiger partial charge >= 0.3 is 0 Å². The molecule has 2 aliphatic heterocycles. The number of anilines is 1.